The minimum atomic E-state index is -3.56. The average Bonchev–Trinajstić information content (AvgIpc) is 2.66. The smallest absolute Gasteiger partial charge is 0.339 e. The molecule has 0 atom stereocenters. The Balaban J connectivity index is 1.85. The van der Waals surface area contributed by atoms with Gasteiger partial charge in [0.05, 0.1) is 10.5 Å². The summed E-state index contributed by atoms with van der Waals surface area (Å²) < 4.78 is 28.6. The van der Waals surface area contributed by atoms with Crippen molar-refractivity contribution in [2.24, 2.45) is 11.3 Å². The van der Waals surface area contributed by atoms with Gasteiger partial charge in [0.2, 0.25) is 0 Å². The summed E-state index contributed by atoms with van der Waals surface area (Å²) in [4.78, 5) is 24.3. The molecule has 1 saturated carbocycles. The van der Waals surface area contributed by atoms with E-state index in [2.05, 4.69) is 26.1 Å². The maximum atomic E-state index is 12.2. The first-order chi connectivity index (χ1) is 13.0. The van der Waals surface area contributed by atoms with E-state index in [0.29, 0.717) is 11.3 Å². The topological polar surface area (TPSA) is 89.5 Å². The van der Waals surface area contributed by atoms with Crippen LogP contribution in [0.25, 0.3) is 0 Å². The maximum Gasteiger partial charge on any atom is 0.339 e. The first kappa shape index (κ1) is 22.4. The van der Waals surface area contributed by atoms with Gasteiger partial charge < -0.3 is 10.1 Å². The SMILES string of the molecule is CCC(C)(C)C1CCC(NC(=O)COC(=O)c2ccccc2S(C)(=O)=O)CC1. The summed E-state index contributed by atoms with van der Waals surface area (Å²) in [5.74, 6) is -0.510. The molecule has 1 amide bonds. The zero-order valence-electron chi connectivity index (χ0n) is 17.2. The van der Waals surface area contributed by atoms with Crippen molar-refractivity contribution < 1.29 is 22.7 Å². The van der Waals surface area contributed by atoms with Gasteiger partial charge in [0, 0.05) is 12.3 Å². The molecule has 6 nitrogen and oxygen atoms in total. The Bertz CT molecular complexity index is 808. The van der Waals surface area contributed by atoms with E-state index in [9.17, 15) is 18.0 Å². The first-order valence-electron chi connectivity index (χ1n) is 9.80. The molecule has 0 heterocycles. The van der Waals surface area contributed by atoms with Crippen molar-refractivity contribution in [3.05, 3.63) is 29.8 Å². The van der Waals surface area contributed by atoms with Crippen LogP contribution in [0.5, 0.6) is 0 Å². The molecule has 0 saturated heterocycles. The van der Waals surface area contributed by atoms with Gasteiger partial charge in [-0.2, -0.15) is 0 Å². The zero-order valence-corrected chi connectivity index (χ0v) is 18.0. The fourth-order valence-electron chi connectivity index (χ4n) is 3.74. The minimum Gasteiger partial charge on any atom is -0.452 e. The van der Waals surface area contributed by atoms with Gasteiger partial charge in [0.1, 0.15) is 0 Å². The number of hydrogen-bond acceptors (Lipinski definition) is 5. The van der Waals surface area contributed by atoms with Crippen molar-refractivity contribution in [3.8, 4) is 0 Å². The van der Waals surface area contributed by atoms with Gasteiger partial charge in [-0.05, 0) is 49.1 Å². The van der Waals surface area contributed by atoms with E-state index >= 15 is 0 Å². The van der Waals surface area contributed by atoms with Crippen LogP contribution in [0.1, 0.15) is 63.2 Å². The molecule has 0 aliphatic heterocycles. The Morgan fingerprint density at radius 1 is 1.14 bits per heavy atom. The lowest BCUT2D eigenvalue weighted by Crippen LogP contribution is -2.41. The zero-order chi connectivity index (χ0) is 20.9. The van der Waals surface area contributed by atoms with E-state index in [1.807, 2.05) is 0 Å². The third-order valence-electron chi connectivity index (χ3n) is 5.95. The van der Waals surface area contributed by atoms with Crippen LogP contribution in [0.15, 0.2) is 29.2 Å². The molecule has 7 heteroatoms. The summed E-state index contributed by atoms with van der Waals surface area (Å²) >= 11 is 0. The standard InChI is InChI=1S/C21H31NO5S/c1-5-21(2,3)15-10-12-16(13-11-15)22-19(23)14-27-20(24)17-8-6-7-9-18(17)28(4,25)26/h6-9,15-16H,5,10-14H2,1-4H3,(H,22,23). The summed E-state index contributed by atoms with van der Waals surface area (Å²) in [6.07, 6.45) is 6.16. The number of amides is 1. The lowest BCUT2D eigenvalue weighted by atomic mass is 9.69. The van der Waals surface area contributed by atoms with Crippen molar-refractivity contribution in [1.82, 2.24) is 5.32 Å². The highest BCUT2D eigenvalue weighted by atomic mass is 32.2. The Morgan fingerprint density at radius 2 is 1.75 bits per heavy atom. The van der Waals surface area contributed by atoms with Gasteiger partial charge in [-0.15, -0.1) is 0 Å². The summed E-state index contributed by atoms with van der Waals surface area (Å²) in [5.41, 5.74) is 0.262. The number of benzene rings is 1. The quantitative estimate of drug-likeness (QED) is 0.698. The highest BCUT2D eigenvalue weighted by Crippen LogP contribution is 2.40. The monoisotopic (exact) mass is 409 g/mol. The molecule has 1 aromatic rings. The number of carbonyl (C=O) groups is 2. The molecule has 0 unspecified atom stereocenters. The molecular weight excluding hydrogens is 378 g/mol. The Kier molecular flexibility index (Phi) is 7.26. The fourth-order valence-corrected chi connectivity index (χ4v) is 4.62. The molecule has 0 aromatic heterocycles. The van der Waals surface area contributed by atoms with Crippen molar-refractivity contribution in [1.29, 1.82) is 0 Å². The normalized spacial score (nSPS) is 20.4. The van der Waals surface area contributed by atoms with E-state index < -0.39 is 22.4 Å². The molecule has 156 valence electrons. The number of nitrogens with one attached hydrogen (secondary N) is 1. The number of esters is 1. The Morgan fingerprint density at radius 3 is 2.32 bits per heavy atom. The van der Waals surface area contributed by atoms with Crippen LogP contribution < -0.4 is 5.32 Å². The Hall–Kier alpha value is -1.89. The summed E-state index contributed by atoms with van der Waals surface area (Å²) in [6, 6.07) is 5.92. The van der Waals surface area contributed by atoms with Crippen LogP contribution in [-0.2, 0) is 19.4 Å². The number of ether oxygens (including phenoxy) is 1. The summed E-state index contributed by atoms with van der Waals surface area (Å²) in [6.45, 7) is 6.39. The molecule has 1 fully saturated rings. The van der Waals surface area contributed by atoms with Crippen molar-refractivity contribution in [3.63, 3.8) is 0 Å². The summed E-state index contributed by atoms with van der Waals surface area (Å²) in [5, 5.41) is 2.93. The van der Waals surface area contributed by atoms with E-state index in [4.69, 9.17) is 4.74 Å². The van der Waals surface area contributed by atoms with Crippen molar-refractivity contribution >= 4 is 21.7 Å². The predicted octanol–water partition coefficient (Wildman–Crippen LogP) is 3.36. The third kappa shape index (κ3) is 5.80. The van der Waals surface area contributed by atoms with Crippen molar-refractivity contribution in [2.75, 3.05) is 12.9 Å². The second-order valence-corrected chi connectivity index (χ2v) is 10.3. The second kappa shape index (κ2) is 9.07. The largest absolute Gasteiger partial charge is 0.452 e. The fraction of sp³-hybridized carbons (Fsp3) is 0.619. The summed E-state index contributed by atoms with van der Waals surface area (Å²) in [7, 11) is -3.56. The number of hydrogen-bond donors (Lipinski definition) is 1. The maximum absolute atomic E-state index is 12.2. The molecule has 2 rings (SSSR count). The van der Waals surface area contributed by atoms with Crippen LogP contribution >= 0.6 is 0 Å². The van der Waals surface area contributed by atoms with E-state index in [0.717, 1.165) is 38.4 Å². The predicted molar refractivity (Wildman–Crippen MR) is 108 cm³/mol. The van der Waals surface area contributed by atoms with E-state index in [-0.39, 0.29) is 22.4 Å². The lowest BCUT2D eigenvalue weighted by molar-refractivity contribution is -0.125. The number of carbonyl (C=O) groups excluding carboxylic acids is 2. The second-order valence-electron chi connectivity index (χ2n) is 8.30. The molecular formula is C21H31NO5S. The molecule has 1 aromatic carbocycles. The van der Waals surface area contributed by atoms with Gasteiger partial charge >= 0.3 is 5.97 Å². The molecule has 0 bridgehead atoms. The van der Waals surface area contributed by atoms with Crippen LogP contribution in [-0.4, -0.2) is 39.2 Å². The van der Waals surface area contributed by atoms with Gasteiger partial charge in [0.15, 0.2) is 16.4 Å². The van der Waals surface area contributed by atoms with Gasteiger partial charge in [-0.3, -0.25) is 4.79 Å². The van der Waals surface area contributed by atoms with Crippen LogP contribution in [0, 0.1) is 11.3 Å². The van der Waals surface area contributed by atoms with Gasteiger partial charge in [-0.1, -0.05) is 39.3 Å². The highest BCUT2D eigenvalue weighted by molar-refractivity contribution is 7.90. The van der Waals surface area contributed by atoms with Crippen LogP contribution in [0.2, 0.25) is 0 Å². The molecule has 1 N–H and O–H groups in total. The van der Waals surface area contributed by atoms with Crippen LogP contribution in [0.3, 0.4) is 0 Å². The van der Waals surface area contributed by atoms with E-state index in [1.54, 1.807) is 6.07 Å². The molecule has 0 radical (unpaired) electrons. The number of rotatable bonds is 7. The average molecular weight is 410 g/mol. The van der Waals surface area contributed by atoms with E-state index in [1.165, 1.54) is 18.2 Å². The molecule has 28 heavy (non-hydrogen) atoms. The van der Waals surface area contributed by atoms with Gasteiger partial charge in [-0.25, -0.2) is 13.2 Å². The molecule has 1 aliphatic rings. The molecule has 0 spiro atoms. The minimum absolute atomic E-state index is 0.0555. The van der Waals surface area contributed by atoms with Crippen LogP contribution in [0.4, 0.5) is 0 Å². The Labute approximate surface area is 168 Å². The van der Waals surface area contributed by atoms with Gasteiger partial charge in [0.25, 0.3) is 5.91 Å². The van der Waals surface area contributed by atoms with Crippen molar-refractivity contribution in [2.45, 2.75) is 63.8 Å². The first-order valence-corrected chi connectivity index (χ1v) is 11.7. The number of sulfone groups is 1. The highest BCUT2D eigenvalue weighted by Gasteiger charge is 2.32. The third-order valence-corrected chi connectivity index (χ3v) is 7.10. The molecule has 1 aliphatic carbocycles. The lowest BCUT2D eigenvalue weighted by Gasteiger charge is -2.39.